The second-order valence-corrected chi connectivity index (χ2v) is 16.0. The molecule has 0 aliphatic rings. The molecule has 0 bridgehead atoms. The number of hydrogen-bond acceptors (Lipinski definition) is 6. The minimum atomic E-state index is -0.885. The molecule has 0 saturated heterocycles. The summed E-state index contributed by atoms with van der Waals surface area (Å²) in [5, 5.41) is 9.61. The fourth-order valence-corrected chi connectivity index (χ4v) is 6.25. The quantitative estimate of drug-likeness (QED) is 0.0218. The average molecular weight is 775 g/mol. The Morgan fingerprint density at radius 1 is 0.564 bits per heavy atom. The highest BCUT2D eigenvalue weighted by atomic mass is 16.6. The van der Waals surface area contributed by atoms with Crippen LogP contribution in [0.15, 0.2) is 48.6 Å². The molecular weight excluding hydrogens is 691 g/mol. The topological polar surface area (TPSA) is 99.1 Å². The number of unbranched alkanes of at least 4 members (excludes halogenated alkanes) is 18. The minimum absolute atomic E-state index is 0.0370. The van der Waals surface area contributed by atoms with Crippen LogP contribution < -0.4 is 0 Å². The normalized spacial score (nSPS) is 13.4. The Kier molecular flexibility index (Phi) is 36.3. The van der Waals surface area contributed by atoms with Gasteiger partial charge >= 0.3 is 17.9 Å². The van der Waals surface area contributed by atoms with E-state index in [-0.39, 0.29) is 42.7 Å². The highest BCUT2D eigenvalue weighted by Gasteiger charge is 2.31. The van der Waals surface area contributed by atoms with Gasteiger partial charge < -0.3 is 23.8 Å². The molecule has 0 heterocycles. The third kappa shape index (κ3) is 36.7. The Bertz CT molecular complexity index is 1040. The highest BCUT2D eigenvalue weighted by Crippen LogP contribution is 2.13. The molecule has 0 aromatic heterocycles. The van der Waals surface area contributed by atoms with Crippen molar-refractivity contribution < 1.29 is 38.2 Å². The summed E-state index contributed by atoms with van der Waals surface area (Å²) < 4.78 is 17.2. The zero-order valence-corrected chi connectivity index (χ0v) is 36.1. The van der Waals surface area contributed by atoms with Crippen molar-refractivity contribution in [2.45, 2.75) is 193 Å². The Hall–Kier alpha value is -2.71. The van der Waals surface area contributed by atoms with Crippen LogP contribution in [0.5, 0.6) is 0 Å². The van der Waals surface area contributed by atoms with Crippen molar-refractivity contribution in [3.63, 3.8) is 0 Å². The lowest BCUT2D eigenvalue weighted by Crippen LogP contribution is -2.50. The molecule has 8 heteroatoms. The van der Waals surface area contributed by atoms with Gasteiger partial charge in [-0.25, -0.2) is 4.79 Å². The van der Waals surface area contributed by atoms with Gasteiger partial charge in [0.2, 0.25) is 0 Å². The van der Waals surface area contributed by atoms with Crippen LogP contribution in [-0.4, -0.2) is 80.6 Å². The van der Waals surface area contributed by atoms with E-state index in [1.165, 1.54) is 89.9 Å². The number of carboxylic acid groups (broad SMARTS) is 1. The Morgan fingerprint density at radius 2 is 1.05 bits per heavy atom. The van der Waals surface area contributed by atoms with Gasteiger partial charge in [0.25, 0.3) is 0 Å². The minimum Gasteiger partial charge on any atom is -0.477 e. The number of ether oxygens (including phenoxy) is 3. The van der Waals surface area contributed by atoms with Gasteiger partial charge in [-0.3, -0.25) is 9.59 Å². The molecule has 0 rings (SSSR count). The first-order valence-electron chi connectivity index (χ1n) is 22.2. The SMILES string of the molecule is CCCCCCCC/C=C/C/C=C/CCC(=O)OCC(COCCC(C(=O)O)[N+](C)(C)C)OC(=O)CCCCCCC/C=C/C=C/CCCCCCCCC. The van der Waals surface area contributed by atoms with Gasteiger partial charge in [-0.2, -0.15) is 0 Å². The molecule has 0 aliphatic heterocycles. The number of hydrogen-bond donors (Lipinski definition) is 1. The van der Waals surface area contributed by atoms with E-state index in [2.05, 4.69) is 56.4 Å². The number of carbonyl (C=O) groups excluding carboxylic acids is 2. The lowest BCUT2D eigenvalue weighted by atomic mass is 10.1. The Balaban J connectivity index is 4.44. The van der Waals surface area contributed by atoms with Gasteiger partial charge in [0, 0.05) is 19.3 Å². The molecular formula is C47H84NO7+. The fraction of sp³-hybridized carbons (Fsp3) is 0.766. The molecule has 0 spiro atoms. The van der Waals surface area contributed by atoms with Crippen LogP contribution in [0.4, 0.5) is 0 Å². The second kappa shape index (κ2) is 38.2. The zero-order valence-electron chi connectivity index (χ0n) is 36.1. The van der Waals surface area contributed by atoms with Crippen molar-refractivity contribution in [1.82, 2.24) is 0 Å². The van der Waals surface area contributed by atoms with Crippen LogP contribution in [0.3, 0.4) is 0 Å². The van der Waals surface area contributed by atoms with Crippen molar-refractivity contribution in [1.29, 1.82) is 0 Å². The number of aliphatic carboxylic acids is 1. The van der Waals surface area contributed by atoms with E-state index >= 15 is 0 Å². The van der Waals surface area contributed by atoms with Gasteiger partial charge in [-0.1, -0.05) is 152 Å². The van der Waals surface area contributed by atoms with E-state index in [1.54, 1.807) is 0 Å². The van der Waals surface area contributed by atoms with Crippen LogP contribution in [0, 0.1) is 0 Å². The summed E-state index contributed by atoms with van der Waals surface area (Å²) in [5.41, 5.74) is 0. The van der Waals surface area contributed by atoms with Gasteiger partial charge in [-0.15, -0.1) is 0 Å². The van der Waals surface area contributed by atoms with Crippen molar-refractivity contribution in [2.75, 3.05) is 41.0 Å². The third-order valence-corrected chi connectivity index (χ3v) is 9.74. The number of rotatable bonds is 39. The molecule has 8 nitrogen and oxygen atoms in total. The Morgan fingerprint density at radius 3 is 1.58 bits per heavy atom. The average Bonchev–Trinajstić information content (AvgIpc) is 3.14. The summed E-state index contributed by atoms with van der Waals surface area (Å²) in [7, 11) is 5.50. The molecule has 0 aliphatic carbocycles. The summed E-state index contributed by atoms with van der Waals surface area (Å²) >= 11 is 0. The second-order valence-electron chi connectivity index (χ2n) is 16.0. The molecule has 0 saturated carbocycles. The molecule has 2 unspecified atom stereocenters. The van der Waals surface area contributed by atoms with Gasteiger partial charge in [0.05, 0.1) is 34.4 Å². The monoisotopic (exact) mass is 775 g/mol. The fourth-order valence-electron chi connectivity index (χ4n) is 6.25. The lowest BCUT2D eigenvalue weighted by molar-refractivity contribution is -0.887. The van der Waals surface area contributed by atoms with Crippen molar-refractivity contribution in [2.24, 2.45) is 0 Å². The number of quaternary nitrogens is 1. The van der Waals surface area contributed by atoms with Gasteiger partial charge in [-0.05, 0) is 57.8 Å². The van der Waals surface area contributed by atoms with Crippen LogP contribution >= 0.6 is 0 Å². The molecule has 2 atom stereocenters. The van der Waals surface area contributed by atoms with E-state index in [0.29, 0.717) is 19.3 Å². The largest absolute Gasteiger partial charge is 0.477 e. The Labute approximate surface area is 337 Å². The van der Waals surface area contributed by atoms with Crippen LogP contribution in [0.1, 0.15) is 181 Å². The maximum Gasteiger partial charge on any atom is 0.362 e. The number of carbonyl (C=O) groups is 3. The predicted octanol–water partition coefficient (Wildman–Crippen LogP) is 12.0. The molecule has 318 valence electrons. The molecule has 55 heavy (non-hydrogen) atoms. The van der Waals surface area contributed by atoms with E-state index in [1.807, 2.05) is 27.2 Å². The first kappa shape index (κ1) is 52.3. The number of carboxylic acids is 1. The van der Waals surface area contributed by atoms with Crippen molar-refractivity contribution in [3.8, 4) is 0 Å². The van der Waals surface area contributed by atoms with Crippen LogP contribution in [0.2, 0.25) is 0 Å². The van der Waals surface area contributed by atoms with Crippen molar-refractivity contribution >= 4 is 17.9 Å². The maximum atomic E-state index is 12.7. The van der Waals surface area contributed by atoms with Gasteiger partial charge in [0.15, 0.2) is 12.1 Å². The van der Waals surface area contributed by atoms with Gasteiger partial charge in [0.1, 0.15) is 6.61 Å². The first-order valence-corrected chi connectivity index (χ1v) is 22.2. The van der Waals surface area contributed by atoms with Crippen molar-refractivity contribution in [3.05, 3.63) is 48.6 Å². The maximum absolute atomic E-state index is 12.7. The number of likely N-dealkylation sites (N-methyl/N-ethyl adjacent to an activating group) is 1. The van der Waals surface area contributed by atoms with Crippen LogP contribution in [0.25, 0.3) is 0 Å². The van der Waals surface area contributed by atoms with E-state index in [0.717, 1.165) is 51.4 Å². The summed E-state index contributed by atoms with van der Waals surface area (Å²) in [6.45, 7) is 4.64. The molecule has 0 aromatic rings. The number of allylic oxidation sites excluding steroid dienone is 8. The molecule has 0 amide bonds. The summed E-state index contributed by atoms with van der Waals surface area (Å²) in [4.78, 5) is 36.9. The summed E-state index contributed by atoms with van der Waals surface area (Å²) in [5.74, 6) is -1.57. The predicted molar refractivity (Wildman–Crippen MR) is 229 cm³/mol. The molecule has 0 radical (unpaired) electrons. The van der Waals surface area contributed by atoms with E-state index < -0.39 is 18.1 Å². The van der Waals surface area contributed by atoms with Crippen LogP contribution in [-0.2, 0) is 28.6 Å². The number of nitrogens with zero attached hydrogens (tertiary/aromatic N) is 1. The molecule has 0 aromatic carbocycles. The third-order valence-electron chi connectivity index (χ3n) is 9.74. The standard InChI is InChI=1S/C47H83NO7/c1-6-8-10-12-14-16-18-20-21-22-23-24-26-28-30-32-34-36-38-46(50)55-43(41-53-40-39-44(47(51)52)48(3,4)5)42-54-45(49)37-35-33-31-29-27-25-19-17-15-13-11-9-7-2/h21-25,27,31,33,43-44H,6-20,26,28-30,32,34-42H2,1-5H3/p+1/b22-21+,24-23+,27-25+,33-31+. The highest BCUT2D eigenvalue weighted by molar-refractivity contribution is 5.72. The molecule has 0 fully saturated rings. The number of esters is 2. The van der Waals surface area contributed by atoms with E-state index in [4.69, 9.17) is 14.2 Å². The summed E-state index contributed by atoms with van der Waals surface area (Å²) in [6.07, 6.45) is 44.5. The lowest BCUT2D eigenvalue weighted by Gasteiger charge is -2.31. The smallest absolute Gasteiger partial charge is 0.362 e. The van der Waals surface area contributed by atoms with E-state index in [9.17, 15) is 19.5 Å². The first-order chi connectivity index (χ1) is 26.6. The zero-order chi connectivity index (χ0) is 40.7. The molecule has 1 N–H and O–H groups in total. The summed E-state index contributed by atoms with van der Waals surface area (Å²) in [6, 6.07) is -0.625.